The first kappa shape index (κ1) is 27.5. The van der Waals surface area contributed by atoms with E-state index in [1.807, 2.05) is 42.3 Å². The number of hydrogen-bond donors (Lipinski definition) is 4. The molecule has 1 aliphatic rings. The summed E-state index contributed by atoms with van der Waals surface area (Å²) >= 11 is 0. The molecule has 10 nitrogen and oxygen atoms in total. The van der Waals surface area contributed by atoms with Crippen molar-refractivity contribution in [2.75, 3.05) is 51.1 Å². The van der Waals surface area contributed by atoms with Crippen molar-refractivity contribution in [1.82, 2.24) is 10.4 Å². The van der Waals surface area contributed by atoms with E-state index in [0.717, 1.165) is 5.56 Å². The van der Waals surface area contributed by atoms with Gasteiger partial charge in [-0.05, 0) is 49.0 Å². The standard InChI is InChI=1S/C29H30N4O6/c1-33(14-16-34)15-17-39-32-27(35)20-8-11-22(12-9-20)30-26(19-6-4-3-5-7-19)25-23-13-10-21(29(37)38-2)18-24(23)31-28(25)36/h3-13,18,30,34H,14-17H2,1-2H3,(H,31,36)(H,32,35)/b26-25-. The smallest absolute Gasteiger partial charge is 0.337 e. The van der Waals surface area contributed by atoms with E-state index in [1.165, 1.54) is 7.11 Å². The largest absolute Gasteiger partial charge is 0.465 e. The number of carbonyl (C=O) groups is 3. The predicted molar refractivity (Wildman–Crippen MR) is 148 cm³/mol. The molecular formula is C29H30N4O6. The van der Waals surface area contributed by atoms with Crippen molar-refractivity contribution in [3.05, 3.63) is 95.1 Å². The molecule has 202 valence electrons. The summed E-state index contributed by atoms with van der Waals surface area (Å²) in [5.74, 6) is -1.19. The van der Waals surface area contributed by atoms with Crippen LogP contribution in [0.3, 0.4) is 0 Å². The fourth-order valence-corrected chi connectivity index (χ4v) is 4.06. The number of hydroxylamine groups is 1. The molecule has 0 saturated carbocycles. The lowest BCUT2D eigenvalue weighted by atomic mass is 9.99. The van der Waals surface area contributed by atoms with Gasteiger partial charge in [0, 0.05) is 29.9 Å². The highest BCUT2D eigenvalue weighted by molar-refractivity contribution is 6.37. The zero-order valence-corrected chi connectivity index (χ0v) is 21.7. The summed E-state index contributed by atoms with van der Waals surface area (Å²) in [5.41, 5.74) is 6.77. The molecule has 0 aromatic heterocycles. The number of nitrogens with one attached hydrogen (secondary N) is 3. The average Bonchev–Trinajstić information content (AvgIpc) is 3.29. The Balaban J connectivity index is 1.55. The predicted octanol–water partition coefficient (Wildman–Crippen LogP) is 2.99. The van der Waals surface area contributed by atoms with Gasteiger partial charge >= 0.3 is 5.97 Å². The van der Waals surface area contributed by atoms with E-state index in [2.05, 4.69) is 16.1 Å². The Morgan fingerprint density at radius 3 is 2.36 bits per heavy atom. The molecule has 2 amide bonds. The molecule has 1 heterocycles. The highest BCUT2D eigenvalue weighted by Crippen LogP contribution is 2.38. The van der Waals surface area contributed by atoms with Gasteiger partial charge in [-0.2, -0.15) is 0 Å². The molecule has 10 heteroatoms. The normalized spacial score (nSPS) is 13.5. The van der Waals surface area contributed by atoms with E-state index >= 15 is 0 Å². The summed E-state index contributed by atoms with van der Waals surface area (Å²) in [6.45, 7) is 1.41. The lowest BCUT2D eigenvalue weighted by Crippen LogP contribution is -2.31. The van der Waals surface area contributed by atoms with E-state index in [1.54, 1.807) is 42.5 Å². The highest BCUT2D eigenvalue weighted by atomic mass is 16.7. The Hall–Kier alpha value is -4.51. The number of carbonyl (C=O) groups excluding carboxylic acids is 3. The fraction of sp³-hybridized carbons (Fsp3) is 0.207. The second kappa shape index (κ2) is 12.8. The van der Waals surface area contributed by atoms with Crippen molar-refractivity contribution in [2.24, 2.45) is 0 Å². The minimum Gasteiger partial charge on any atom is -0.465 e. The Morgan fingerprint density at radius 1 is 0.949 bits per heavy atom. The van der Waals surface area contributed by atoms with Gasteiger partial charge in [-0.3, -0.25) is 14.4 Å². The van der Waals surface area contributed by atoms with Gasteiger partial charge in [0.1, 0.15) is 0 Å². The SMILES string of the molecule is COC(=O)c1ccc2c(c1)NC(=O)/C2=C(\Nc1ccc(C(=O)NOCCN(C)CCO)cc1)c1ccccc1. The number of hydrogen-bond acceptors (Lipinski definition) is 8. The number of benzene rings is 3. The van der Waals surface area contributed by atoms with E-state index in [9.17, 15) is 14.4 Å². The molecule has 4 N–H and O–H groups in total. The van der Waals surface area contributed by atoms with Gasteiger partial charge in [0.2, 0.25) is 0 Å². The van der Waals surface area contributed by atoms with Gasteiger partial charge in [-0.15, -0.1) is 0 Å². The number of anilines is 2. The van der Waals surface area contributed by atoms with E-state index in [4.69, 9.17) is 14.7 Å². The molecule has 0 aliphatic carbocycles. The van der Waals surface area contributed by atoms with Gasteiger partial charge in [0.25, 0.3) is 11.8 Å². The van der Waals surface area contributed by atoms with Gasteiger partial charge in [-0.25, -0.2) is 10.3 Å². The number of aliphatic hydroxyl groups is 1. The summed E-state index contributed by atoms with van der Waals surface area (Å²) in [5, 5.41) is 15.1. The third-order valence-corrected chi connectivity index (χ3v) is 6.14. The van der Waals surface area contributed by atoms with Crippen LogP contribution in [0.15, 0.2) is 72.8 Å². The molecule has 0 bridgehead atoms. The third kappa shape index (κ3) is 6.68. The quantitative estimate of drug-likeness (QED) is 0.129. The molecule has 3 aromatic carbocycles. The maximum absolute atomic E-state index is 13.1. The van der Waals surface area contributed by atoms with Gasteiger partial charge < -0.3 is 25.4 Å². The third-order valence-electron chi connectivity index (χ3n) is 6.14. The summed E-state index contributed by atoms with van der Waals surface area (Å²) in [6.07, 6.45) is 0. The molecule has 0 atom stereocenters. The van der Waals surface area contributed by atoms with Gasteiger partial charge in [0.15, 0.2) is 0 Å². The number of esters is 1. The minimum absolute atomic E-state index is 0.0550. The lowest BCUT2D eigenvalue weighted by molar-refractivity contribution is -0.110. The van der Waals surface area contributed by atoms with Crippen LogP contribution in [0.5, 0.6) is 0 Å². The van der Waals surface area contributed by atoms with Crippen LogP contribution in [-0.2, 0) is 14.4 Å². The summed E-state index contributed by atoms with van der Waals surface area (Å²) in [7, 11) is 3.15. The molecule has 3 aromatic rings. The average molecular weight is 531 g/mol. The van der Waals surface area contributed by atoms with E-state index in [-0.39, 0.29) is 19.1 Å². The number of amides is 2. The first-order chi connectivity index (χ1) is 18.9. The number of aliphatic hydroxyl groups excluding tert-OH is 1. The molecule has 0 fully saturated rings. The van der Waals surface area contributed by atoms with Crippen molar-refractivity contribution in [3.8, 4) is 0 Å². The Morgan fingerprint density at radius 2 is 1.67 bits per heavy atom. The number of fused-ring (bicyclic) bond motifs is 1. The zero-order chi connectivity index (χ0) is 27.8. The molecule has 39 heavy (non-hydrogen) atoms. The monoisotopic (exact) mass is 530 g/mol. The number of likely N-dealkylation sites (N-methyl/N-ethyl adjacent to an activating group) is 1. The van der Waals surface area contributed by atoms with Crippen LogP contribution in [0.2, 0.25) is 0 Å². The van der Waals surface area contributed by atoms with Crippen LogP contribution in [0.25, 0.3) is 11.3 Å². The fourth-order valence-electron chi connectivity index (χ4n) is 4.06. The molecule has 0 radical (unpaired) electrons. The second-order valence-corrected chi connectivity index (χ2v) is 8.83. The first-order valence-corrected chi connectivity index (χ1v) is 12.3. The van der Waals surface area contributed by atoms with Crippen LogP contribution < -0.4 is 16.1 Å². The second-order valence-electron chi connectivity index (χ2n) is 8.83. The van der Waals surface area contributed by atoms with E-state index in [0.29, 0.717) is 52.4 Å². The Labute approximate surface area is 226 Å². The van der Waals surface area contributed by atoms with Crippen LogP contribution in [0, 0.1) is 0 Å². The van der Waals surface area contributed by atoms with Crippen molar-refractivity contribution in [1.29, 1.82) is 0 Å². The number of ether oxygens (including phenoxy) is 1. The Bertz CT molecular complexity index is 1370. The van der Waals surface area contributed by atoms with Crippen molar-refractivity contribution >= 4 is 40.4 Å². The minimum atomic E-state index is -0.491. The van der Waals surface area contributed by atoms with Gasteiger partial charge in [-0.1, -0.05) is 36.4 Å². The summed E-state index contributed by atoms with van der Waals surface area (Å²) in [6, 6.07) is 21.1. The Kier molecular flexibility index (Phi) is 9.06. The molecular weight excluding hydrogens is 500 g/mol. The zero-order valence-electron chi connectivity index (χ0n) is 21.7. The molecule has 0 spiro atoms. The molecule has 0 unspecified atom stereocenters. The molecule has 4 rings (SSSR count). The van der Waals surface area contributed by atoms with Crippen LogP contribution in [-0.4, -0.2) is 68.3 Å². The molecule has 1 aliphatic heterocycles. The van der Waals surface area contributed by atoms with Crippen molar-refractivity contribution in [3.63, 3.8) is 0 Å². The number of methoxy groups -OCH3 is 1. The van der Waals surface area contributed by atoms with Crippen molar-refractivity contribution < 1.29 is 29.1 Å². The van der Waals surface area contributed by atoms with Crippen LogP contribution in [0.4, 0.5) is 11.4 Å². The number of nitrogens with zero attached hydrogens (tertiary/aromatic N) is 1. The lowest BCUT2D eigenvalue weighted by Gasteiger charge is -2.16. The highest BCUT2D eigenvalue weighted by Gasteiger charge is 2.29. The topological polar surface area (TPSA) is 129 Å². The summed E-state index contributed by atoms with van der Waals surface area (Å²) < 4.78 is 4.80. The van der Waals surface area contributed by atoms with Crippen molar-refractivity contribution in [2.45, 2.75) is 0 Å². The van der Waals surface area contributed by atoms with Crippen LogP contribution >= 0.6 is 0 Å². The number of rotatable bonds is 11. The maximum Gasteiger partial charge on any atom is 0.337 e. The van der Waals surface area contributed by atoms with Gasteiger partial charge in [0.05, 0.1) is 42.8 Å². The summed E-state index contributed by atoms with van der Waals surface area (Å²) in [4.78, 5) is 44.7. The van der Waals surface area contributed by atoms with Crippen LogP contribution in [0.1, 0.15) is 31.8 Å². The van der Waals surface area contributed by atoms with E-state index < -0.39 is 11.9 Å². The first-order valence-electron chi connectivity index (χ1n) is 12.3. The molecule has 0 saturated heterocycles. The maximum atomic E-state index is 13.1.